The molecule has 1 atom stereocenters. The molecule has 0 radical (unpaired) electrons. The number of anilines is 1. The number of hydrogen-bond acceptors (Lipinski definition) is 6. The van der Waals surface area contributed by atoms with Gasteiger partial charge in [-0.1, -0.05) is 36.4 Å². The summed E-state index contributed by atoms with van der Waals surface area (Å²) >= 11 is 0. The standard InChI is InChI=1S/C20H17N3O4/c24-18-11-15(12-23(18)16-9-5-2-6-10-16)20(25)26-13-17-21-22-19(27-17)14-7-3-1-4-8-14/h1-10,15H,11-13H2/t15-/m0/s1. The predicted molar refractivity (Wildman–Crippen MR) is 96.4 cm³/mol. The van der Waals surface area contributed by atoms with Crippen LogP contribution in [0.2, 0.25) is 0 Å². The van der Waals surface area contributed by atoms with Crippen LogP contribution in [0.15, 0.2) is 65.1 Å². The topological polar surface area (TPSA) is 85.5 Å². The summed E-state index contributed by atoms with van der Waals surface area (Å²) < 4.78 is 10.8. The van der Waals surface area contributed by atoms with Crippen LogP contribution in [0, 0.1) is 5.92 Å². The van der Waals surface area contributed by atoms with E-state index >= 15 is 0 Å². The van der Waals surface area contributed by atoms with Crippen LogP contribution in [0.3, 0.4) is 0 Å². The summed E-state index contributed by atoms with van der Waals surface area (Å²) in [5, 5.41) is 7.85. The molecule has 4 rings (SSSR count). The molecule has 136 valence electrons. The number of aromatic nitrogens is 2. The molecule has 2 aromatic carbocycles. The van der Waals surface area contributed by atoms with Gasteiger partial charge in [-0.2, -0.15) is 0 Å². The zero-order valence-electron chi connectivity index (χ0n) is 14.4. The number of nitrogens with zero attached hydrogens (tertiary/aromatic N) is 3. The molecule has 7 heteroatoms. The number of esters is 1. The van der Waals surface area contributed by atoms with Crippen molar-refractivity contribution in [2.45, 2.75) is 13.0 Å². The van der Waals surface area contributed by atoms with E-state index < -0.39 is 11.9 Å². The SMILES string of the molecule is O=C(OCc1nnc(-c2ccccc2)o1)[C@H]1CC(=O)N(c2ccccc2)C1. The molecule has 0 N–H and O–H groups in total. The molecular formula is C20H17N3O4. The van der Waals surface area contributed by atoms with Gasteiger partial charge in [0.25, 0.3) is 5.89 Å². The third-order valence-electron chi connectivity index (χ3n) is 4.35. The van der Waals surface area contributed by atoms with Crippen molar-refractivity contribution < 1.29 is 18.7 Å². The second-order valence-corrected chi connectivity index (χ2v) is 6.22. The van der Waals surface area contributed by atoms with E-state index in [4.69, 9.17) is 9.15 Å². The fourth-order valence-corrected chi connectivity index (χ4v) is 2.98. The molecule has 27 heavy (non-hydrogen) atoms. The van der Waals surface area contributed by atoms with E-state index in [2.05, 4.69) is 10.2 Å². The van der Waals surface area contributed by atoms with E-state index in [1.807, 2.05) is 60.7 Å². The fourth-order valence-electron chi connectivity index (χ4n) is 2.98. The zero-order valence-corrected chi connectivity index (χ0v) is 14.4. The minimum Gasteiger partial charge on any atom is -0.455 e. The van der Waals surface area contributed by atoms with E-state index in [-0.39, 0.29) is 24.8 Å². The van der Waals surface area contributed by atoms with Gasteiger partial charge in [0.2, 0.25) is 11.8 Å². The summed E-state index contributed by atoms with van der Waals surface area (Å²) in [5.74, 6) is -0.456. The van der Waals surface area contributed by atoms with Gasteiger partial charge in [-0.3, -0.25) is 9.59 Å². The van der Waals surface area contributed by atoms with Gasteiger partial charge in [0, 0.05) is 24.2 Å². The summed E-state index contributed by atoms with van der Waals surface area (Å²) in [6.45, 7) is 0.190. The quantitative estimate of drug-likeness (QED) is 0.648. The van der Waals surface area contributed by atoms with E-state index in [0.29, 0.717) is 12.4 Å². The molecule has 1 aliphatic rings. The Bertz CT molecular complexity index is 940. The first-order valence-corrected chi connectivity index (χ1v) is 8.60. The lowest BCUT2D eigenvalue weighted by atomic mass is 10.1. The first kappa shape index (κ1) is 17.0. The van der Waals surface area contributed by atoms with Crippen LogP contribution >= 0.6 is 0 Å². The Morgan fingerprint density at radius 3 is 2.52 bits per heavy atom. The Balaban J connectivity index is 1.35. The van der Waals surface area contributed by atoms with Crippen molar-refractivity contribution in [2.75, 3.05) is 11.4 Å². The monoisotopic (exact) mass is 363 g/mol. The second kappa shape index (κ2) is 7.41. The summed E-state index contributed by atoms with van der Waals surface area (Å²) in [6, 6.07) is 18.6. The van der Waals surface area contributed by atoms with Gasteiger partial charge in [0.1, 0.15) is 0 Å². The normalized spacial score (nSPS) is 16.5. The number of rotatable bonds is 5. The zero-order chi connectivity index (χ0) is 18.6. The van der Waals surface area contributed by atoms with Crippen LogP contribution in [0.4, 0.5) is 5.69 Å². The van der Waals surface area contributed by atoms with Crippen molar-refractivity contribution >= 4 is 17.6 Å². The van der Waals surface area contributed by atoms with Gasteiger partial charge in [-0.25, -0.2) is 0 Å². The number of carbonyl (C=O) groups is 2. The number of hydrogen-bond donors (Lipinski definition) is 0. The molecular weight excluding hydrogens is 346 g/mol. The van der Waals surface area contributed by atoms with Crippen LogP contribution in [0.25, 0.3) is 11.5 Å². The molecule has 0 aliphatic carbocycles. The average molecular weight is 363 g/mol. The lowest BCUT2D eigenvalue weighted by Gasteiger charge is -2.16. The Kier molecular flexibility index (Phi) is 4.65. The Morgan fingerprint density at radius 2 is 1.78 bits per heavy atom. The van der Waals surface area contributed by atoms with Gasteiger partial charge in [0.15, 0.2) is 6.61 Å². The molecule has 0 saturated carbocycles. The minimum atomic E-state index is -0.505. The average Bonchev–Trinajstić information content (AvgIpc) is 3.34. The van der Waals surface area contributed by atoms with Crippen molar-refractivity contribution in [2.24, 2.45) is 5.92 Å². The van der Waals surface area contributed by atoms with Gasteiger partial charge < -0.3 is 14.1 Å². The molecule has 0 unspecified atom stereocenters. The summed E-state index contributed by atoms with van der Waals surface area (Å²) in [5.41, 5.74) is 1.57. The lowest BCUT2D eigenvalue weighted by molar-refractivity contribution is -0.150. The summed E-state index contributed by atoms with van der Waals surface area (Å²) in [4.78, 5) is 26.1. The van der Waals surface area contributed by atoms with Gasteiger partial charge >= 0.3 is 5.97 Å². The summed E-state index contributed by atoms with van der Waals surface area (Å²) in [6.07, 6.45) is 0.132. The van der Waals surface area contributed by atoms with Crippen molar-refractivity contribution in [1.82, 2.24) is 10.2 Å². The van der Waals surface area contributed by atoms with Crippen molar-refractivity contribution in [3.8, 4) is 11.5 Å². The number of para-hydroxylation sites is 1. The highest BCUT2D eigenvalue weighted by Crippen LogP contribution is 2.26. The van der Waals surface area contributed by atoms with E-state index in [0.717, 1.165) is 11.3 Å². The van der Waals surface area contributed by atoms with Crippen molar-refractivity contribution in [3.63, 3.8) is 0 Å². The third-order valence-corrected chi connectivity index (χ3v) is 4.35. The number of benzene rings is 2. The van der Waals surface area contributed by atoms with Gasteiger partial charge in [-0.15, -0.1) is 10.2 Å². The maximum Gasteiger partial charge on any atom is 0.311 e. The molecule has 3 aromatic rings. The maximum atomic E-state index is 12.3. The number of amides is 1. The van der Waals surface area contributed by atoms with Crippen molar-refractivity contribution in [3.05, 3.63) is 66.6 Å². The van der Waals surface area contributed by atoms with Crippen LogP contribution in [0.1, 0.15) is 12.3 Å². The minimum absolute atomic E-state index is 0.0905. The van der Waals surface area contributed by atoms with Gasteiger partial charge in [-0.05, 0) is 24.3 Å². The molecule has 1 saturated heterocycles. The molecule has 1 amide bonds. The van der Waals surface area contributed by atoms with E-state index in [1.165, 1.54) is 0 Å². The van der Waals surface area contributed by atoms with E-state index in [9.17, 15) is 9.59 Å². The molecule has 1 fully saturated rings. The van der Waals surface area contributed by atoms with Crippen LogP contribution in [-0.4, -0.2) is 28.6 Å². The number of carbonyl (C=O) groups excluding carboxylic acids is 2. The largest absolute Gasteiger partial charge is 0.455 e. The number of ether oxygens (including phenoxy) is 1. The molecule has 0 bridgehead atoms. The Labute approximate surface area is 155 Å². The third kappa shape index (κ3) is 3.72. The highest BCUT2D eigenvalue weighted by Gasteiger charge is 2.36. The highest BCUT2D eigenvalue weighted by molar-refractivity contribution is 5.99. The predicted octanol–water partition coefficient (Wildman–Crippen LogP) is 2.83. The van der Waals surface area contributed by atoms with Crippen LogP contribution < -0.4 is 4.90 Å². The lowest BCUT2D eigenvalue weighted by Crippen LogP contribution is -2.26. The first-order valence-electron chi connectivity index (χ1n) is 8.60. The maximum absolute atomic E-state index is 12.3. The Morgan fingerprint density at radius 1 is 1.07 bits per heavy atom. The molecule has 2 heterocycles. The molecule has 1 aliphatic heterocycles. The Hall–Kier alpha value is -3.48. The molecule has 7 nitrogen and oxygen atoms in total. The van der Waals surface area contributed by atoms with E-state index in [1.54, 1.807) is 4.90 Å². The van der Waals surface area contributed by atoms with Crippen LogP contribution in [0.5, 0.6) is 0 Å². The molecule has 0 spiro atoms. The first-order chi connectivity index (χ1) is 13.2. The second-order valence-electron chi connectivity index (χ2n) is 6.22. The fraction of sp³-hybridized carbons (Fsp3) is 0.200. The molecule has 1 aromatic heterocycles. The van der Waals surface area contributed by atoms with Gasteiger partial charge in [0.05, 0.1) is 5.92 Å². The van der Waals surface area contributed by atoms with Crippen molar-refractivity contribution in [1.29, 1.82) is 0 Å². The highest BCUT2D eigenvalue weighted by atomic mass is 16.5. The summed E-state index contributed by atoms with van der Waals surface area (Å²) in [7, 11) is 0. The van der Waals surface area contributed by atoms with Crippen LogP contribution in [-0.2, 0) is 20.9 Å². The smallest absolute Gasteiger partial charge is 0.311 e.